The first kappa shape index (κ1) is 16.2. The van der Waals surface area contributed by atoms with Gasteiger partial charge >= 0.3 is 6.09 Å². The highest BCUT2D eigenvalue weighted by atomic mass is 16.6. The van der Waals surface area contributed by atoms with Gasteiger partial charge in [0.25, 0.3) is 0 Å². The Balaban J connectivity index is 2.57. The summed E-state index contributed by atoms with van der Waals surface area (Å²) in [6.45, 7) is 4.68. The fourth-order valence-corrected chi connectivity index (χ4v) is 1.47. The van der Waals surface area contributed by atoms with E-state index < -0.39 is 24.3 Å². The zero-order chi connectivity index (χ0) is 15.2. The van der Waals surface area contributed by atoms with Gasteiger partial charge in [0.2, 0.25) is 0 Å². The van der Waals surface area contributed by atoms with Gasteiger partial charge in [-0.2, -0.15) is 0 Å². The molecule has 0 fully saturated rings. The molecule has 0 unspecified atom stereocenters. The summed E-state index contributed by atoms with van der Waals surface area (Å²) in [5, 5.41) is 11.6. The van der Waals surface area contributed by atoms with E-state index in [1.54, 1.807) is 45.0 Å². The molecule has 0 saturated carbocycles. The highest BCUT2D eigenvalue weighted by molar-refractivity contribution is 5.96. The Morgan fingerprint density at radius 2 is 1.90 bits per heavy atom. The average molecular weight is 278 g/mol. The van der Waals surface area contributed by atoms with Crippen LogP contribution < -0.4 is 5.32 Å². The summed E-state index contributed by atoms with van der Waals surface area (Å²) in [7, 11) is 0. The van der Waals surface area contributed by atoms with Gasteiger partial charge in [-0.05, 0) is 26.3 Å². The maximum Gasteiger partial charge on any atom is 0.408 e. The van der Waals surface area contributed by atoms with Crippen LogP contribution in [-0.2, 0) is 9.53 Å². The standard InChI is InChI=1S/C15H20NO4/c1-15(2,3)20-14(19)16-12(10-17)13(18)9-11-7-5-4-6-8-11/h4-9,12,17H,10H2,1-3H3,(H,16,19)/t12-/m0/s1. The molecule has 109 valence electrons. The van der Waals surface area contributed by atoms with Gasteiger partial charge in [0.15, 0.2) is 5.78 Å². The monoisotopic (exact) mass is 278 g/mol. The SMILES string of the molecule is CC(C)(C)OC(=O)N[C@@H](CO)C(=O)[CH]c1ccccc1. The number of alkyl carbamates (subject to hydrolysis) is 1. The average Bonchev–Trinajstić information content (AvgIpc) is 2.35. The molecule has 5 nitrogen and oxygen atoms in total. The van der Waals surface area contributed by atoms with Crippen molar-refractivity contribution < 1.29 is 19.4 Å². The van der Waals surface area contributed by atoms with Crippen LogP contribution in [0.2, 0.25) is 0 Å². The summed E-state index contributed by atoms with van der Waals surface area (Å²) in [6, 6.07) is 7.96. The zero-order valence-electron chi connectivity index (χ0n) is 11.9. The predicted octanol–water partition coefficient (Wildman–Crippen LogP) is 1.69. The largest absolute Gasteiger partial charge is 0.444 e. The number of hydrogen-bond donors (Lipinski definition) is 2. The summed E-state index contributed by atoms with van der Waals surface area (Å²) in [5.74, 6) is -0.385. The van der Waals surface area contributed by atoms with Gasteiger partial charge < -0.3 is 15.2 Å². The summed E-state index contributed by atoms with van der Waals surface area (Å²) >= 11 is 0. The lowest BCUT2D eigenvalue weighted by molar-refractivity contribution is -0.118. The molecule has 0 heterocycles. The smallest absolute Gasteiger partial charge is 0.408 e. The van der Waals surface area contributed by atoms with Crippen molar-refractivity contribution in [1.29, 1.82) is 0 Å². The normalized spacial score (nSPS) is 12.6. The molecule has 1 rings (SSSR count). The molecule has 1 radical (unpaired) electrons. The maximum atomic E-state index is 12.0. The van der Waals surface area contributed by atoms with Crippen molar-refractivity contribution in [3.8, 4) is 0 Å². The summed E-state index contributed by atoms with van der Waals surface area (Å²) < 4.78 is 5.04. The van der Waals surface area contributed by atoms with E-state index in [9.17, 15) is 14.7 Å². The molecule has 0 bridgehead atoms. The molecule has 1 aromatic carbocycles. The zero-order valence-corrected chi connectivity index (χ0v) is 11.9. The lowest BCUT2D eigenvalue weighted by Gasteiger charge is -2.22. The first-order valence-electron chi connectivity index (χ1n) is 6.36. The van der Waals surface area contributed by atoms with E-state index in [0.717, 1.165) is 0 Å². The van der Waals surface area contributed by atoms with Gasteiger partial charge in [-0.3, -0.25) is 4.79 Å². The topological polar surface area (TPSA) is 75.6 Å². The van der Waals surface area contributed by atoms with Crippen LogP contribution in [0.5, 0.6) is 0 Å². The lowest BCUT2D eigenvalue weighted by atomic mass is 10.0. The number of ketones is 1. The molecular formula is C15H20NO4. The molecule has 0 spiro atoms. The molecule has 0 aromatic heterocycles. The van der Waals surface area contributed by atoms with E-state index in [2.05, 4.69) is 5.32 Å². The number of carbonyl (C=O) groups excluding carboxylic acids is 2. The molecule has 1 amide bonds. The Morgan fingerprint density at radius 3 is 2.40 bits per heavy atom. The third-order valence-electron chi connectivity index (χ3n) is 2.33. The van der Waals surface area contributed by atoms with E-state index >= 15 is 0 Å². The van der Waals surface area contributed by atoms with E-state index in [1.165, 1.54) is 6.42 Å². The van der Waals surface area contributed by atoms with Crippen molar-refractivity contribution in [2.24, 2.45) is 0 Å². The molecule has 0 aliphatic heterocycles. The van der Waals surface area contributed by atoms with Crippen molar-refractivity contribution in [3.63, 3.8) is 0 Å². The minimum atomic E-state index is -1.01. The number of nitrogens with one attached hydrogen (secondary N) is 1. The molecule has 0 aliphatic carbocycles. The molecular weight excluding hydrogens is 258 g/mol. The van der Waals surface area contributed by atoms with Crippen molar-refractivity contribution in [2.75, 3.05) is 6.61 Å². The Labute approximate surface area is 118 Å². The first-order valence-corrected chi connectivity index (χ1v) is 6.36. The molecule has 5 heteroatoms. The number of ether oxygens (including phenoxy) is 1. The Hall–Kier alpha value is -1.88. The van der Waals surface area contributed by atoms with Gasteiger partial charge in [-0.15, -0.1) is 0 Å². The second kappa shape index (κ2) is 7.05. The Kier molecular flexibility index (Phi) is 5.70. The van der Waals surface area contributed by atoms with Crippen molar-refractivity contribution in [1.82, 2.24) is 5.32 Å². The first-order chi connectivity index (χ1) is 9.31. The summed E-state index contributed by atoms with van der Waals surface area (Å²) in [6.07, 6.45) is 0.643. The van der Waals surface area contributed by atoms with Gasteiger partial charge in [-0.25, -0.2) is 4.79 Å². The van der Waals surface area contributed by atoms with E-state index in [1.807, 2.05) is 6.07 Å². The number of benzene rings is 1. The van der Waals surface area contributed by atoms with Crippen LogP contribution in [0, 0.1) is 6.42 Å². The molecule has 1 aromatic rings. The summed E-state index contributed by atoms with van der Waals surface area (Å²) in [4.78, 5) is 23.5. The number of amides is 1. The van der Waals surface area contributed by atoms with Gasteiger partial charge in [-0.1, -0.05) is 30.3 Å². The Morgan fingerprint density at radius 1 is 1.30 bits per heavy atom. The third-order valence-corrected chi connectivity index (χ3v) is 2.33. The van der Waals surface area contributed by atoms with Crippen LogP contribution in [-0.4, -0.2) is 35.2 Å². The number of rotatable bonds is 5. The number of hydrogen-bond acceptors (Lipinski definition) is 4. The Bertz CT molecular complexity index is 451. The van der Waals surface area contributed by atoms with Crippen molar-refractivity contribution in [3.05, 3.63) is 42.3 Å². The fraction of sp³-hybridized carbons (Fsp3) is 0.400. The van der Waals surface area contributed by atoms with E-state index in [0.29, 0.717) is 5.56 Å². The van der Waals surface area contributed by atoms with Crippen LogP contribution in [0.4, 0.5) is 4.79 Å². The number of Topliss-reactive ketones (excluding diaryl/α,β-unsaturated/α-hetero) is 1. The maximum absolute atomic E-state index is 12.0. The van der Waals surface area contributed by atoms with Gasteiger partial charge in [0.05, 0.1) is 13.0 Å². The predicted molar refractivity (Wildman–Crippen MR) is 75.1 cm³/mol. The van der Waals surface area contributed by atoms with Crippen LogP contribution in [0.15, 0.2) is 30.3 Å². The van der Waals surface area contributed by atoms with Crippen LogP contribution in [0.25, 0.3) is 0 Å². The molecule has 2 N–H and O–H groups in total. The van der Waals surface area contributed by atoms with Crippen LogP contribution in [0.3, 0.4) is 0 Å². The third kappa shape index (κ3) is 5.84. The lowest BCUT2D eigenvalue weighted by Crippen LogP contribution is -2.45. The minimum Gasteiger partial charge on any atom is -0.444 e. The van der Waals surface area contributed by atoms with Gasteiger partial charge in [0, 0.05) is 0 Å². The highest BCUT2D eigenvalue weighted by Crippen LogP contribution is 2.08. The highest BCUT2D eigenvalue weighted by Gasteiger charge is 2.23. The molecule has 20 heavy (non-hydrogen) atoms. The summed E-state index contributed by atoms with van der Waals surface area (Å²) in [5.41, 5.74) is 0.0537. The van der Waals surface area contributed by atoms with E-state index in [-0.39, 0.29) is 5.78 Å². The second-order valence-electron chi connectivity index (χ2n) is 5.34. The second-order valence-corrected chi connectivity index (χ2v) is 5.34. The number of aliphatic hydroxyl groups is 1. The molecule has 0 saturated heterocycles. The van der Waals surface area contributed by atoms with Crippen LogP contribution in [0.1, 0.15) is 26.3 Å². The molecule has 1 atom stereocenters. The van der Waals surface area contributed by atoms with Gasteiger partial charge in [0.1, 0.15) is 11.6 Å². The number of aliphatic hydroxyl groups excluding tert-OH is 1. The minimum absolute atomic E-state index is 0.385. The fourth-order valence-electron chi connectivity index (χ4n) is 1.47. The van der Waals surface area contributed by atoms with Crippen molar-refractivity contribution in [2.45, 2.75) is 32.4 Å². The quantitative estimate of drug-likeness (QED) is 0.859. The van der Waals surface area contributed by atoms with E-state index in [4.69, 9.17) is 4.74 Å². The number of carbonyl (C=O) groups is 2. The molecule has 0 aliphatic rings. The van der Waals surface area contributed by atoms with Crippen molar-refractivity contribution >= 4 is 11.9 Å². The van der Waals surface area contributed by atoms with Crippen LogP contribution >= 0.6 is 0 Å².